The van der Waals surface area contributed by atoms with Gasteiger partial charge in [-0.2, -0.15) is 0 Å². The smallest absolute Gasteiger partial charge is 0.408 e. The fourth-order valence-electron chi connectivity index (χ4n) is 1.76. The van der Waals surface area contributed by atoms with Gasteiger partial charge in [-0.05, 0) is 40.0 Å². The number of hydrogen-bond donors (Lipinski definition) is 3. The average molecular weight is 310 g/mol. The number of aryl methyl sites for hydroxylation is 1. The third-order valence-corrected chi connectivity index (χ3v) is 2.75. The maximum atomic E-state index is 11.6. The second-order valence-electron chi connectivity index (χ2n) is 5.86. The van der Waals surface area contributed by atoms with Crippen molar-refractivity contribution in [1.82, 2.24) is 15.3 Å². The van der Waals surface area contributed by atoms with E-state index in [-0.39, 0.29) is 6.42 Å². The number of rotatable bonds is 6. The first kappa shape index (κ1) is 17.7. The van der Waals surface area contributed by atoms with Crippen molar-refractivity contribution in [2.24, 2.45) is 0 Å². The number of amides is 1. The quantitative estimate of drug-likeness (QED) is 0.723. The van der Waals surface area contributed by atoms with E-state index >= 15 is 0 Å². The standard InChI is InChI=1S/C14H22N4O4/c1-14(2,3)22-13(21)18-10(12(19)20)6-4-5-9-7-16-8-17-11(9)15/h7-8,10H,4-6H2,1-3H3,(H,18,21)(H,19,20)(H2,15,16,17)/t10-/m0/s1. The first-order valence-electron chi connectivity index (χ1n) is 6.95. The van der Waals surface area contributed by atoms with Gasteiger partial charge in [0.25, 0.3) is 0 Å². The van der Waals surface area contributed by atoms with Gasteiger partial charge in [0, 0.05) is 11.8 Å². The predicted molar refractivity (Wildman–Crippen MR) is 80.2 cm³/mol. The largest absolute Gasteiger partial charge is 0.480 e. The Labute approximate surface area is 129 Å². The number of ether oxygens (including phenoxy) is 1. The molecule has 0 aliphatic rings. The van der Waals surface area contributed by atoms with Gasteiger partial charge in [-0.1, -0.05) is 0 Å². The van der Waals surface area contributed by atoms with Gasteiger partial charge in [0.05, 0.1) is 0 Å². The minimum Gasteiger partial charge on any atom is -0.480 e. The summed E-state index contributed by atoms with van der Waals surface area (Å²) in [5.41, 5.74) is 5.77. The molecule has 1 heterocycles. The number of aliphatic carboxylic acids is 1. The molecule has 0 unspecified atom stereocenters. The normalized spacial score (nSPS) is 12.5. The Hall–Kier alpha value is -2.38. The summed E-state index contributed by atoms with van der Waals surface area (Å²) in [6, 6.07) is -1.01. The number of carbonyl (C=O) groups excluding carboxylic acids is 1. The van der Waals surface area contributed by atoms with E-state index in [0.717, 1.165) is 5.56 Å². The number of nitrogens with one attached hydrogen (secondary N) is 1. The van der Waals surface area contributed by atoms with E-state index in [1.165, 1.54) is 6.33 Å². The van der Waals surface area contributed by atoms with Crippen molar-refractivity contribution in [2.75, 3.05) is 5.73 Å². The van der Waals surface area contributed by atoms with Crippen molar-refractivity contribution >= 4 is 17.9 Å². The van der Waals surface area contributed by atoms with Gasteiger partial charge in [-0.15, -0.1) is 0 Å². The number of carbonyl (C=O) groups is 2. The van der Waals surface area contributed by atoms with Gasteiger partial charge >= 0.3 is 12.1 Å². The molecule has 8 nitrogen and oxygen atoms in total. The van der Waals surface area contributed by atoms with Crippen molar-refractivity contribution in [3.8, 4) is 0 Å². The van der Waals surface area contributed by atoms with Crippen LogP contribution in [0.25, 0.3) is 0 Å². The molecule has 0 radical (unpaired) electrons. The van der Waals surface area contributed by atoms with Crippen molar-refractivity contribution in [1.29, 1.82) is 0 Å². The highest BCUT2D eigenvalue weighted by Crippen LogP contribution is 2.12. The molecule has 122 valence electrons. The van der Waals surface area contributed by atoms with E-state index in [1.807, 2.05) is 0 Å². The van der Waals surface area contributed by atoms with Gasteiger partial charge in [0.15, 0.2) is 0 Å². The molecular weight excluding hydrogens is 288 g/mol. The molecule has 0 fully saturated rings. The van der Waals surface area contributed by atoms with Gasteiger partial charge in [-0.25, -0.2) is 19.6 Å². The van der Waals surface area contributed by atoms with Crippen molar-refractivity contribution in [3.05, 3.63) is 18.1 Å². The van der Waals surface area contributed by atoms with Crippen LogP contribution in [-0.2, 0) is 16.0 Å². The molecule has 0 aliphatic heterocycles. The lowest BCUT2D eigenvalue weighted by atomic mass is 10.1. The lowest BCUT2D eigenvalue weighted by molar-refractivity contribution is -0.139. The van der Waals surface area contributed by atoms with Crippen molar-refractivity contribution in [3.63, 3.8) is 0 Å². The van der Waals surface area contributed by atoms with Crippen LogP contribution < -0.4 is 11.1 Å². The van der Waals surface area contributed by atoms with Crippen LogP contribution in [0, 0.1) is 0 Å². The van der Waals surface area contributed by atoms with Crippen LogP contribution >= 0.6 is 0 Å². The van der Waals surface area contributed by atoms with E-state index in [0.29, 0.717) is 18.7 Å². The van der Waals surface area contributed by atoms with E-state index in [9.17, 15) is 9.59 Å². The summed E-state index contributed by atoms with van der Waals surface area (Å²) < 4.78 is 5.05. The fraction of sp³-hybridized carbons (Fsp3) is 0.571. The fourth-order valence-corrected chi connectivity index (χ4v) is 1.76. The van der Waals surface area contributed by atoms with E-state index in [2.05, 4.69) is 15.3 Å². The summed E-state index contributed by atoms with van der Waals surface area (Å²) in [5, 5.41) is 11.5. The van der Waals surface area contributed by atoms with Gasteiger partial charge < -0.3 is 20.9 Å². The van der Waals surface area contributed by atoms with Crippen LogP contribution in [0.15, 0.2) is 12.5 Å². The number of hydrogen-bond acceptors (Lipinski definition) is 6. The Kier molecular flexibility index (Phi) is 6.09. The summed E-state index contributed by atoms with van der Waals surface area (Å²) in [4.78, 5) is 30.5. The Morgan fingerprint density at radius 3 is 2.68 bits per heavy atom. The Morgan fingerprint density at radius 1 is 1.45 bits per heavy atom. The third-order valence-electron chi connectivity index (χ3n) is 2.75. The number of carboxylic acids is 1. The van der Waals surface area contributed by atoms with E-state index in [4.69, 9.17) is 15.6 Å². The lowest BCUT2D eigenvalue weighted by Gasteiger charge is -2.22. The molecular formula is C14H22N4O4. The maximum absolute atomic E-state index is 11.6. The summed E-state index contributed by atoms with van der Waals surface area (Å²) in [5.74, 6) is -0.731. The highest BCUT2D eigenvalue weighted by Gasteiger charge is 2.23. The van der Waals surface area contributed by atoms with Gasteiger partial charge in [0.1, 0.15) is 23.8 Å². The maximum Gasteiger partial charge on any atom is 0.408 e. The molecule has 0 aromatic carbocycles. The predicted octanol–water partition coefficient (Wildman–Crippen LogP) is 1.36. The minimum absolute atomic E-state index is 0.253. The van der Waals surface area contributed by atoms with Crippen LogP contribution in [-0.4, -0.2) is 38.8 Å². The summed E-state index contributed by atoms with van der Waals surface area (Å²) in [6.07, 6.45) is 3.50. The van der Waals surface area contributed by atoms with Crippen molar-refractivity contribution in [2.45, 2.75) is 51.7 Å². The summed E-state index contributed by atoms with van der Waals surface area (Å²) >= 11 is 0. The average Bonchev–Trinajstić information content (AvgIpc) is 2.37. The zero-order valence-electron chi connectivity index (χ0n) is 13.0. The first-order valence-corrected chi connectivity index (χ1v) is 6.95. The second-order valence-corrected chi connectivity index (χ2v) is 5.86. The zero-order chi connectivity index (χ0) is 16.8. The first-order chi connectivity index (χ1) is 10.2. The Balaban J connectivity index is 2.50. The molecule has 0 saturated heterocycles. The van der Waals surface area contributed by atoms with E-state index < -0.39 is 23.7 Å². The van der Waals surface area contributed by atoms with Gasteiger partial charge in [-0.3, -0.25) is 0 Å². The summed E-state index contributed by atoms with van der Waals surface area (Å²) in [7, 11) is 0. The minimum atomic E-state index is -1.11. The SMILES string of the molecule is CC(C)(C)OC(=O)N[C@@H](CCCc1cncnc1N)C(=O)O. The van der Waals surface area contributed by atoms with Gasteiger partial charge in [0.2, 0.25) is 0 Å². The number of nitrogens with two attached hydrogens (primary N) is 1. The molecule has 0 aliphatic carbocycles. The molecule has 1 rings (SSSR count). The molecule has 1 aromatic heterocycles. The van der Waals surface area contributed by atoms with Crippen LogP contribution in [0.3, 0.4) is 0 Å². The highest BCUT2D eigenvalue weighted by atomic mass is 16.6. The second kappa shape index (κ2) is 7.58. The molecule has 4 N–H and O–H groups in total. The number of anilines is 1. The molecule has 22 heavy (non-hydrogen) atoms. The molecule has 1 amide bonds. The van der Waals surface area contributed by atoms with Crippen LogP contribution in [0.4, 0.5) is 10.6 Å². The third kappa shape index (κ3) is 6.38. The highest BCUT2D eigenvalue weighted by molar-refractivity contribution is 5.79. The number of nitrogen functional groups attached to an aromatic ring is 1. The molecule has 0 spiro atoms. The van der Waals surface area contributed by atoms with Crippen LogP contribution in [0.2, 0.25) is 0 Å². The molecule has 1 aromatic rings. The number of carboxylic acid groups (broad SMARTS) is 1. The Morgan fingerprint density at radius 2 is 2.14 bits per heavy atom. The molecule has 0 saturated carbocycles. The number of alkyl carbamates (subject to hydrolysis) is 1. The van der Waals surface area contributed by atoms with Crippen molar-refractivity contribution < 1.29 is 19.4 Å². The molecule has 8 heteroatoms. The number of nitrogens with zero attached hydrogens (tertiary/aromatic N) is 2. The zero-order valence-corrected chi connectivity index (χ0v) is 13.0. The number of aromatic nitrogens is 2. The van der Waals surface area contributed by atoms with Crippen LogP contribution in [0.1, 0.15) is 39.2 Å². The topological polar surface area (TPSA) is 127 Å². The van der Waals surface area contributed by atoms with E-state index in [1.54, 1.807) is 27.0 Å². The summed E-state index contributed by atoms with van der Waals surface area (Å²) in [6.45, 7) is 5.13. The van der Waals surface area contributed by atoms with Crippen LogP contribution in [0.5, 0.6) is 0 Å². The molecule has 1 atom stereocenters. The lowest BCUT2D eigenvalue weighted by Crippen LogP contribution is -2.43. The molecule has 0 bridgehead atoms. The Bertz CT molecular complexity index is 528. The monoisotopic (exact) mass is 310 g/mol.